The van der Waals surface area contributed by atoms with E-state index in [1.165, 1.54) is 15.6 Å². The molecule has 1 aliphatic rings. The van der Waals surface area contributed by atoms with Crippen molar-refractivity contribution in [3.8, 4) is 0 Å². The van der Waals surface area contributed by atoms with Crippen LogP contribution in [-0.4, -0.2) is 44.6 Å². The second kappa shape index (κ2) is 5.49. The minimum absolute atomic E-state index is 0.176. The Balaban J connectivity index is 2.24. The van der Waals surface area contributed by atoms with Crippen molar-refractivity contribution in [3.63, 3.8) is 0 Å². The van der Waals surface area contributed by atoms with Crippen molar-refractivity contribution in [1.29, 1.82) is 0 Å². The van der Waals surface area contributed by atoms with E-state index in [0.717, 1.165) is 10.4 Å². The molecule has 0 radical (unpaired) electrons. The zero-order valence-electron chi connectivity index (χ0n) is 11.4. The molecule has 0 spiro atoms. The standard InChI is InChI=1S/C12H20N2O3S2/c1-8-6-12(18-10(8)3)19(15,16)14-4-5-17-11(7-14)9(2)13/h6,9,11H,4-5,7,13H2,1-3H3. The van der Waals surface area contributed by atoms with Crippen LogP contribution in [0.15, 0.2) is 10.3 Å². The summed E-state index contributed by atoms with van der Waals surface area (Å²) >= 11 is 1.32. The monoisotopic (exact) mass is 304 g/mol. The fourth-order valence-electron chi connectivity index (χ4n) is 1.98. The maximum atomic E-state index is 12.6. The fraction of sp³-hybridized carbons (Fsp3) is 0.667. The number of hydrogen-bond acceptors (Lipinski definition) is 5. The second-order valence-corrected chi connectivity index (χ2v) is 8.36. The van der Waals surface area contributed by atoms with Crippen LogP contribution >= 0.6 is 11.3 Å². The Kier molecular flexibility index (Phi) is 4.32. The SMILES string of the molecule is Cc1cc(S(=O)(=O)N2CCOC(C(C)N)C2)sc1C. The van der Waals surface area contributed by atoms with Gasteiger partial charge in [-0.05, 0) is 32.4 Å². The number of sulfonamides is 1. The molecule has 0 saturated carbocycles. The van der Waals surface area contributed by atoms with E-state index in [4.69, 9.17) is 10.5 Å². The first-order valence-corrected chi connectivity index (χ1v) is 8.52. The minimum Gasteiger partial charge on any atom is -0.374 e. The van der Waals surface area contributed by atoms with Crippen molar-refractivity contribution in [1.82, 2.24) is 4.31 Å². The highest BCUT2D eigenvalue weighted by atomic mass is 32.2. The van der Waals surface area contributed by atoms with Crippen molar-refractivity contribution < 1.29 is 13.2 Å². The first kappa shape index (κ1) is 14.9. The Labute approximate surface area is 118 Å². The summed E-state index contributed by atoms with van der Waals surface area (Å²) in [5.74, 6) is 0. The lowest BCUT2D eigenvalue weighted by molar-refractivity contribution is -0.0119. The average molecular weight is 304 g/mol. The van der Waals surface area contributed by atoms with Crippen molar-refractivity contribution in [2.75, 3.05) is 19.7 Å². The van der Waals surface area contributed by atoms with Gasteiger partial charge in [0.2, 0.25) is 0 Å². The molecule has 2 unspecified atom stereocenters. The Bertz CT molecular complexity index is 532. The number of hydrogen-bond donors (Lipinski definition) is 1. The molecule has 1 fully saturated rings. The Morgan fingerprint density at radius 1 is 1.53 bits per heavy atom. The number of ether oxygens (including phenoxy) is 1. The molecule has 1 aromatic heterocycles. The molecule has 1 saturated heterocycles. The van der Waals surface area contributed by atoms with Gasteiger partial charge in [0, 0.05) is 24.0 Å². The van der Waals surface area contributed by atoms with Crippen LogP contribution in [0, 0.1) is 13.8 Å². The van der Waals surface area contributed by atoms with Crippen LogP contribution in [0.4, 0.5) is 0 Å². The predicted octanol–water partition coefficient (Wildman–Crippen LogP) is 1.10. The van der Waals surface area contributed by atoms with Crippen molar-refractivity contribution >= 4 is 21.4 Å². The lowest BCUT2D eigenvalue weighted by atomic mass is 10.2. The van der Waals surface area contributed by atoms with Crippen LogP contribution in [0.3, 0.4) is 0 Å². The smallest absolute Gasteiger partial charge is 0.252 e. The molecule has 2 rings (SSSR count). The molecule has 2 N–H and O–H groups in total. The molecule has 7 heteroatoms. The summed E-state index contributed by atoms with van der Waals surface area (Å²) in [6.07, 6.45) is -0.231. The lowest BCUT2D eigenvalue weighted by Gasteiger charge is -2.33. The molecule has 0 aromatic carbocycles. The molecule has 2 heterocycles. The van der Waals surface area contributed by atoms with Gasteiger partial charge in [-0.1, -0.05) is 0 Å². The molecule has 0 bridgehead atoms. The van der Waals surface area contributed by atoms with Gasteiger partial charge in [-0.3, -0.25) is 0 Å². The van der Waals surface area contributed by atoms with Crippen LogP contribution in [0.1, 0.15) is 17.4 Å². The number of nitrogens with two attached hydrogens (primary N) is 1. The fourth-order valence-corrected chi connectivity index (χ4v) is 5.09. The molecule has 108 valence electrons. The second-order valence-electron chi connectivity index (χ2n) is 4.94. The van der Waals surface area contributed by atoms with Crippen LogP contribution in [0.2, 0.25) is 0 Å². The summed E-state index contributed by atoms with van der Waals surface area (Å²) in [5, 5.41) is 0. The topological polar surface area (TPSA) is 72.6 Å². The molecule has 1 aromatic rings. The summed E-state index contributed by atoms with van der Waals surface area (Å²) in [6, 6.07) is 1.57. The van der Waals surface area contributed by atoms with Gasteiger partial charge in [-0.15, -0.1) is 11.3 Å². The van der Waals surface area contributed by atoms with Crippen LogP contribution < -0.4 is 5.73 Å². The summed E-state index contributed by atoms with van der Waals surface area (Å²) < 4.78 is 32.5. The van der Waals surface area contributed by atoms with Gasteiger partial charge >= 0.3 is 0 Å². The van der Waals surface area contributed by atoms with Gasteiger partial charge in [0.1, 0.15) is 4.21 Å². The molecule has 0 aliphatic carbocycles. The van der Waals surface area contributed by atoms with Crippen molar-refractivity contribution in [2.45, 2.75) is 37.1 Å². The van der Waals surface area contributed by atoms with Crippen molar-refractivity contribution in [2.24, 2.45) is 5.73 Å². The Morgan fingerprint density at radius 2 is 2.21 bits per heavy atom. The highest BCUT2D eigenvalue weighted by Crippen LogP contribution is 2.28. The molecule has 19 heavy (non-hydrogen) atoms. The van der Waals surface area contributed by atoms with E-state index in [2.05, 4.69) is 0 Å². The molecular formula is C12H20N2O3S2. The third-order valence-electron chi connectivity index (χ3n) is 3.38. The van der Waals surface area contributed by atoms with E-state index < -0.39 is 10.0 Å². The summed E-state index contributed by atoms with van der Waals surface area (Å²) in [6.45, 7) is 6.81. The van der Waals surface area contributed by atoms with E-state index in [1.807, 2.05) is 20.8 Å². The highest BCUT2D eigenvalue weighted by Gasteiger charge is 2.33. The van der Waals surface area contributed by atoms with Gasteiger partial charge in [0.25, 0.3) is 10.0 Å². The van der Waals surface area contributed by atoms with E-state index >= 15 is 0 Å². The van der Waals surface area contributed by atoms with E-state index in [9.17, 15) is 8.42 Å². The first-order valence-electron chi connectivity index (χ1n) is 6.26. The summed E-state index contributed by atoms with van der Waals surface area (Å²) in [5.41, 5.74) is 6.81. The maximum absolute atomic E-state index is 12.6. The largest absolute Gasteiger partial charge is 0.374 e. The summed E-state index contributed by atoms with van der Waals surface area (Å²) in [7, 11) is -3.41. The predicted molar refractivity (Wildman–Crippen MR) is 75.9 cm³/mol. The molecule has 1 aliphatic heterocycles. The first-order chi connectivity index (χ1) is 8.82. The third kappa shape index (κ3) is 3.00. The Morgan fingerprint density at radius 3 is 2.74 bits per heavy atom. The normalized spacial score (nSPS) is 23.5. The third-order valence-corrected chi connectivity index (χ3v) is 6.85. The van der Waals surface area contributed by atoms with E-state index in [1.54, 1.807) is 6.07 Å². The lowest BCUT2D eigenvalue weighted by Crippen LogP contribution is -2.51. The van der Waals surface area contributed by atoms with Gasteiger partial charge in [0.15, 0.2) is 0 Å². The number of morpholine rings is 1. The quantitative estimate of drug-likeness (QED) is 0.907. The van der Waals surface area contributed by atoms with Gasteiger partial charge in [-0.25, -0.2) is 8.42 Å². The zero-order chi connectivity index (χ0) is 14.2. The average Bonchev–Trinajstić information content (AvgIpc) is 2.70. The van der Waals surface area contributed by atoms with Crippen LogP contribution in [0.5, 0.6) is 0 Å². The molecular weight excluding hydrogens is 284 g/mol. The van der Waals surface area contributed by atoms with Gasteiger partial charge in [-0.2, -0.15) is 4.31 Å². The van der Waals surface area contributed by atoms with Gasteiger partial charge in [0.05, 0.1) is 12.7 Å². The van der Waals surface area contributed by atoms with E-state index in [-0.39, 0.29) is 12.1 Å². The molecule has 2 atom stereocenters. The van der Waals surface area contributed by atoms with Crippen LogP contribution in [0.25, 0.3) is 0 Å². The highest BCUT2D eigenvalue weighted by molar-refractivity contribution is 7.91. The van der Waals surface area contributed by atoms with E-state index in [0.29, 0.717) is 23.9 Å². The summed E-state index contributed by atoms with van der Waals surface area (Å²) in [4.78, 5) is 1.04. The number of nitrogens with zero attached hydrogens (tertiary/aromatic N) is 1. The van der Waals surface area contributed by atoms with Crippen LogP contribution in [-0.2, 0) is 14.8 Å². The number of rotatable bonds is 3. The Hall–Kier alpha value is -0.470. The zero-order valence-corrected chi connectivity index (χ0v) is 13.1. The number of thiophene rings is 1. The molecule has 0 amide bonds. The van der Waals surface area contributed by atoms with Gasteiger partial charge < -0.3 is 10.5 Å². The number of aryl methyl sites for hydroxylation is 2. The minimum atomic E-state index is -3.41. The van der Waals surface area contributed by atoms with Crippen molar-refractivity contribution in [3.05, 3.63) is 16.5 Å². The maximum Gasteiger partial charge on any atom is 0.252 e. The molecule has 5 nitrogen and oxygen atoms in total.